The first-order valence-electron chi connectivity index (χ1n) is 11.2. The van der Waals surface area contributed by atoms with Gasteiger partial charge in [-0.1, -0.05) is 67.6 Å². The van der Waals surface area contributed by atoms with Crippen LogP contribution in [0.15, 0.2) is 78.9 Å². The Morgan fingerprint density at radius 3 is 1.91 bits per heavy atom. The van der Waals surface area contributed by atoms with Crippen molar-refractivity contribution in [2.75, 3.05) is 6.61 Å². The molecule has 4 aromatic rings. The molecule has 5 heteroatoms. The van der Waals surface area contributed by atoms with Crippen LogP contribution in [0.4, 0.5) is 13.2 Å². The smallest absolute Gasteiger partial charge is 0.167 e. The summed E-state index contributed by atoms with van der Waals surface area (Å²) < 4.78 is 55.0. The third-order valence-electron chi connectivity index (χ3n) is 6.10. The Balaban J connectivity index is 1.30. The van der Waals surface area contributed by atoms with Crippen LogP contribution in [0.25, 0.3) is 22.3 Å². The zero-order valence-electron chi connectivity index (χ0n) is 18.7. The molecule has 1 saturated heterocycles. The highest BCUT2D eigenvalue weighted by molar-refractivity contribution is 5.72. The second-order valence-corrected chi connectivity index (χ2v) is 8.32. The Kier molecular flexibility index (Phi) is 6.12. The maximum Gasteiger partial charge on any atom is 0.167 e. The van der Waals surface area contributed by atoms with Gasteiger partial charge in [-0.15, -0.1) is 0 Å². The molecule has 1 aliphatic heterocycles. The highest BCUT2D eigenvalue weighted by Gasteiger charge is 2.25. The maximum atomic E-state index is 14.9. The van der Waals surface area contributed by atoms with Gasteiger partial charge < -0.3 is 9.47 Å². The Hall–Kier alpha value is -3.57. The summed E-state index contributed by atoms with van der Waals surface area (Å²) >= 11 is 0. The highest BCUT2D eigenvalue weighted by Crippen LogP contribution is 2.33. The third-order valence-corrected chi connectivity index (χ3v) is 6.10. The van der Waals surface area contributed by atoms with E-state index < -0.39 is 11.6 Å². The van der Waals surface area contributed by atoms with E-state index in [9.17, 15) is 13.2 Å². The van der Waals surface area contributed by atoms with E-state index in [1.807, 2.05) is 25.1 Å². The van der Waals surface area contributed by atoms with Gasteiger partial charge in [0.15, 0.2) is 11.6 Å². The van der Waals surface area contributed by atoms with Gasteiger partial charge in [-0.25, -0.2) is 13.2 Å². The predicted molar refractivity (Wildman–Crippen MR) is 126 cm³/mol. The van der Waals surface area contributed by atoms with Gasteiger partial charge >= 0.3 is 0 Å². The van der Waals surface area contributed by atoms with Gasteiger partial charge in [-0.3, -0.25) is 0 Å². The monoisotopic (exact) mass is 460 g/mol. The molecule has 1 atom stereocenters. The lowest BCUT2D eigenvalue weighted by Gasteiger charge is -2.11. The molecule has 0 saturated carbocycles. The Morgan fingerprint density at radius 1 is 0.794 bits per heavy atom. The fourth-order valence-electron chi connectivity index (χ4n) is 3.93. The molecule has 5 rings (SSSR count). The standard InChI is InChI=1S/C29H23F3O2/c1-2-18-3-5-19(6-4-18)24-13-14-25(29(32)28(24)31)20-9-11-23(12-10-20)33-16-22-8-7-21(15-26(22)30)27-17-34-27/h3-15,27H,2,16-17H2,1H3. The van der Waals surface area contributed by atoms with Crippen LogP contribution >= 0.6 is 0 Å². The summed E-state index contributed by atoms with van der Waals surface area (Å²) in [5.41, 5.74) is 3.95. The summed E-state index contributed by atoms with van der Waals surface area (Å²) in [6, 6.07) is 22.3. The number of hydrogen-bond donors (Lipinski definition) is 0. The molecule has 0 bridgehead atoms. The van der Waals surface area contributed by atoms with E-state index in [0.29, 0.717) is 29.0 Å². The van der Waals surface area contributed by atoms with Crippen molar-refractivity contribution in [3.63, 3.8) is 0 Å². The molecule has 1 aliphatic rings. The van der Waals surface area contributed by atoms with E-state index >= 15 is 0 Å². The zero-order valence-corrected chi connectivity index (χ0v) is 18.7. The first-order valence-corrected chi connectivity index (χ1v) is 11.2. The van der Waals surface area contributed by atoms with Crippen molar-refractivity contribution in [3.05, 3.63) is 113 Å². The summed E-state index contributed by atoms with van der Waals surface area (Å²) in [7, 11) is 0. The molecule has 4 aromatic carbocycles. The largest absolute Gasteiger partial charge is 0.489 e. The lowest BCUT2D eigenvalue weighted by molar-refractivity contribution is 0.299. The second kappa shape index (κ2) is 9.35. The highest BCUT2D eigenvalue weighted by atomic mass is 19.2. The number of hydrogen-bond acceptors (Lipinski definition) is 2. The number of benzene rings is 4. The van der Waals surface area contributed by atoms with Crippen molar-refractivity contribution in [1.82, 2.24) is 0 Å². The number of ether oxygens (including phenoxy) is 2. The van der Waals surface area contributed by atoms with E-state index in [4.69, 9.17) is 9.47 Å². The van der Waals surface area contributed by atoms with Crippen LogP contribution in [0.1, 0.15) is 29.7 Å². The van der Waals surface area contributed by atoms with Crippen LogP contribution in [0.2, 0.25) is 0 Å². The minimum Gasteiger partial charge on any atom is -0.489 e. The molecule has 0 radical (unpaired) electrons. The van der Waals surface area contributed by atoms with Crippen molar-refractivity contribution >= 4 is 0 Å². The molecular weight excluding hydrogens is 437 g/mol. The minimum atomic E-state index is -0.896. The lowest BCUT2D eigenvalue weighted by atomic mass is 9.98. The average Bonchev–Trinajstić information content (AvgIpc) is 3.71. The van der Waals surface area contributed by atoms with Crippen molar-refractivity contribution in [2.45, 2.75) is 26.1 Å². The van der Waals surface area contributed by atoms with Gasteiger partial charge in [0.1, 0.15) is 24.3 Å². The summed E-state index contributed by atoms with van der Waals surface area (Å²) in [5.74, 6) is -1.61. The molecule has 0 aliphatic carbocycles. The topological polar surface area (TPSA) is 21.8 Å². The van der Waals surface area contributed by atoms with Gasteiger partial charge in [0, 0.05) is 16.7 Å². The Bertz CT molecular complexity index is 1310. The van der Waals surface area contributed by atoms with E-state index in [1.54, 1.807) is 54.6 Å². The second-order valence-electron chi connectivity index (χ2n) is 8.32. The maximum absolute atomic E-state index is 14.9. The minimum absolute atomic E-state index is 0.00193. The van der Waals surface area contributed by atoms with E-state index in [1.165, 1.54) is 6.07 Å². The molecule has 0 spiro atoms. The fraction of sp³-hybridized carbons (Fsp3) is 0.172. The lowest BCUT2D eigenvalue weighted by Crippen LogP contribution is -1.99. The van der Waals surface area contributed by atoms with Crippen LogP contribution in [0, 0.1) is 17.5 Å². The number of epoxide rings is 1. The van der Waals surface area contributed by atoms with E-state index in [2.05, 4.69) is 0 Å². The zero-order chi connectivity index (χ0) is 23.7. The van der Waals surface area contributed by atoms with Crippen molar-refractivity contribution < 1.29 is 22.6 Å². The first-order chi connectivity index (χ1) is 16.5. The summed E-state index contributed by atoms with van der Waals surface area (Å²) in [6.07, 6.45) is 0.880. The van der Waals surface area contributed by atoms with Crippen LogP contribution in [0.5, 0.6) is 5.75 Å². The Labute approximate surface area is 196 Å². The van der Waals surface area contributed by atoms with Crippen molar-refractivity contribution in [2.24, 2.45) is 0 Å². The molecule has 0 N–H and O–H groups in total. The number of aryl methyl sites for hydroxylation is 1. The number of rotatable bonds is 7. The van der Waals surface area contributed by atoms with Crippen molar-refractivity contribution in [3.8, 4) is 28.0 Å². The predicted octanol–water partition coefficient (Wildman–Crippen LogP) is 7.65. The van der Waals surface area contributed by atoms with E-state index in [-0.39, 0.29) is 29.7 Å². The Morgan fingerprint density at radius 2 is 1.38 bits per heavy atom. The molecule has 2 nitrogen and oxygen atoms in total. The molecular formula is C29H23F3O2. The van der Waals surface area contributed by atoms with Crippen molar-refractivity contribution in [1.29, 1.82) is 0 Å². The molecule has 0 amide bonds. The number of halogens is 3. The summed E-state index contributed by atoms with van der Waals surface area (Å²) in [6.45, 7) is 2.73. The van der Waals surface area contributed by atoms with E-state index in [0.717, 1.165) is 17.5 Å². The summed E-state index contributed by atoms with van der Waals surface area (Å²) in [5, 5.41) is 0. The molecule has 34 heavy (non-hydrogen) atoms. The molecule has 172 valence electrons. The van der Waals surface area contributed by atoms with Crippen LogP contribution in [-0.2, 0) is 17.8 Å². The van der Waals surface area contributed by atoms with Gasteiger partial charge in [0.2, 0.25) is 0 Å². The quantitative estimate of drug-likeness (QED) is 0.264. The van der Waals surface area contributed by atoms with Gasteiger partial charge in [-0.2, -0.15) is 0 Å². The van der Waals surface area contributed by atoms with Crippen LogP contribution in [-0.4, -0.2) is 6.61 Å². The van der Waals surface area contributed by atoms with Gasteiger partial charge in [0.25, 0.3) is 0 Å². The fourth-order valence-corrected chi connectivity index (χ4v) is 3.93. The average molecular weight is 460 g/mol. The molecule has 0 aromatic heterocycles. The first kappa shape index (κ1) is 22.2. The van der Waals surface area contributed by atoms with Crippen LogP contribution < -0.4 is 4.74 Å². The van der Waals surface area contributed by atoms with Crippen LogP contribution in [0.3, 0.4) is 0 Å². The molecule has 1 heterocycles. The van der Waals surface area contributed by atoms with Gasteiger partial charge in [0.05, 0.1) is 6.61 Å². The third kappa shape index (κ3) is 4.57. The normalized spacial score (nSPS) is 14.8. The summed E-state index contributed by atoms with van der Waals surface area (Å²) in [4.78, 5) is 0. The van der Waals surface area contributed by atoms with Gasteiger partial charge in [-0.05, 0) is 46.9 Å². The molecule has 1 unspecified atom stereocenters. The SMILES string of the molecule is CCc1ccc(-c2ccc(-c3ccc(OCc4ccc(C5CO5)cc4F)cc3)c(F)c2F)cc1. The molecule has 1 fully saturated rings.